The summed E-state index contributed by atoms with van der Waals surface area (Å²) in [6, 6.07) is 6.07. The lowest BCUT2D eigenvalue weighted by Crippen LogP contribution is -2.43. The number of nitrogens with two attached hydrogens (primary N) is 1. The Bertz CT molecular complexity index is 522. The molecule has 1 saturated carbocycles. The van der Waals surface area contributed by atoms with E-state index in [2.05, 4.69) is 10.3 Å². The molecule has 2 aliphatic rings. The first-order valence-electron chi connectivity index (χ1n) is 6.46. The Morgan fingerprint density at radius 2 is 2.14 bits per heavy atom. The summed E-state index contributed by atoms with van der Waals surface area (Å²) < 4.78 is 14.8. The molecule has 1 aliphatic carbocycles. The van der Waals surface area contributed by atoms with Crippen LogP contribution in [0, 0.1) is 0 Å². The Balaban J connectivity index is 0.00000133. The van der Waals surface area contributed by atoms with E-state index in [-0.39, 0.29) is 44.0 Å². The van der Waals surface area contributed by atoms with E-state index >= 15 is 0 Å². The maximum atomic E-state index is 14.8. The van der Waals surface area contributed by atoms with Gasteiger partial charge in [-0.15, -0.1) is 24.8 Å². The monoisotopic (exact) mass is 335 g/mol. The number of rotatable bonds is 2. The van der Waals surface area contributed by atoms with E-state index in [1.54, 1.807) is 0 Å². The summed E-state index contributed by atoms with van der Waals surface area (Å²) in [6.45, 7) is 0.786. The molecule has 0 radical (unpaired) electrons. The molecule has 0 amide bonds. The first kappa shape index (κ1) is 20.2. The van der Waals surface area contributed by atoms with Crippen molar-refractivity contribution in [2.45, 2.75) is 44.8 Å². The van der Waals surface area contributed by atoms with Gasteiger partial charge in [0, 0.05) is 12.5 Å². The number of fused-ring (bicyclic) bond motifs is 3. The molecule has 120 valence electrons. The van der Waals surface area contributed by atoms with Crippen LogP contribution in [0.1, 0.15) is 43.7 Å². The van der Waals surface area contributed by atoms with E-state index in [0.29, 0.717) is 6.42 Å². The molecule has 0 saturated heterocycles. The van der Waals surface area contributed by atoms with Crippen molar-refractivity contribution in [1.82, 2.24) is 5.32 Å². The molecule has 1 aromatic carbocycles. The van der Waals surface area contributed by atoms with Crippen LogP contribution in [-0.4, -0.2) is 18.6 Å². The fourth-order valence-corrected chi connectivity index (χ4v) is 3.19. The van der Waals surface area contributed by atoms with Gasteiger partial charge in [-0.1, -0.05) is 19.6 Å². The van der Waals surface area contributed by atoms with Gasteiger partial charge in [-0.25, -0.2) is 9.38 Å². The second kappa shape index (κ2) is 7.43. The maximum Gasteiger partial charge on any atom is 0.174 e. The van der Waals surface area contributed by atoms with E-state index in [0.717, 1.165) is 36.2 Å². The predicted molar refractivity (Wildman–Crippen MR) is 92.1 cm³/mol. The molecular weight excluding hydrogens is 312 g/mol. The Morgan fingerprint density at radius 3 is 2.81 bits per heavy atom. The van der Waals surface area contributed by atoms with Gasteiger partial charge in [0.15, 0.2) is 5.67 Å². The normalized spacial score (nSPS) is 25.4. The van der Waals surface area contributed by atoms with Crippen molar-refractivity contribution in [1.29, 1.82) is 0 Å². The SMILES string of the molecule is C.CNCc1ccc2c(c1)N=C(N)C1(F)CCCC21.Cl.Cl. The fraction of sp³-hybridized carbons (Fsp3) is 0.533. The number of nitrogens with one attached hydrogen (secondary N) is 1. The molecule has 0 bridgehead atoms. The lowest BCUT2D eigenvalue weighted by Gasteiger charge is -2.32. The average Bonchev–Trinajstić information content (AvgIpc) is 2.74. The highest BCUT2D eigenvalue weighted by atomic mass is 35.5. The minimum absolute atomic E-state index is 0. The number of alkyl halides is 1. The van der Waals surface area contributed by atoms with Crippen LogP contribution in [0.25, 0.3) is 0 Å². The van der Waals surface area contributed by atoms with Crippen LogP contribution in [0.15, 0.2) is 23.2 Å². The standard InChI is InChI=1S/C14H18FN3.CH4.2ClH/c1-17-8-9-4-5-10-11-3-2-6-14(11,15)13(16)18-12(10)7-9;;;/h4-5,7,11,17H,2-3,6,8H2,1H3,(H2,16,18);1H4;2*1H. The maximum absolute atomic E-state index is 14.8. The lowest BCUT2D eigenvalue weighted by atomic mass is 9.82. The van der Waals surface area contributed by atoms with Crippen molar-refractivity contribution in [3.05, 3.63) is 29.3 Å². The van der Waals surface area contributed by atoms with E-state index < -0.39 is 5.67 Å². The number of aliphatic imine (C=N–C) groups is 1. The zero-order chi connectivity index (χ0) is 12.8. The van der Waals surface area contributed by atoms with Gasteiger partial charge in [-0.2, -0.15) is 0 Å². The molecule has 2 atom stereocenters. The predicted octanol–water partition coefficient (Wildman–Crippen LogP) is 3.86. The highest BCUT2D eigenvalue weighted by molar-refractivity contribution is 5.95. The van der Waals surface area contributed by atoms with Crippen LogP contribution in [0.2, 0.25) is 0 Å². The van der Waals surface area contributed by atoms with Gasteiger partial charge in [0.1, 0.15) is 5.84 Å². The zero-order valence-electron chi connectivity index (χ0n) is 11.4. The Morgan fingerprint density at radius 1 is 1.43 bits per heavy atom. The highest BCUT2D eigenvalue weighted by Gasteiger charge is 2.50. The molecule has 2 unspecified atom stereocenters. The first-order valence-corrected chi connectivity index (χ1v) is 6.46. The molecule has 3 N–H and O–H groups in total. The van der Waals surface area contributed by atoms with Crippen LogP contribution < -0.4 is 11.1 Å². The fourth-order valence-electron chi connectivity index (χ4n) is 3.19. The molecule has 0 aromatic heterocycles. The molecule has 6 heteroatoms. The molecule has 1 aromatic rings. The largest absolute Gasteiger partial charge is 0.384 e. The molecule has 1 aliphatic heterocycles. The van der Waals surface area contributed by atoms with Gasteiger partial charge < -0.3 is 11.1 Å². The number of benzene rings is 1. The summed E-state index contributed by atoms with van der Waals surface area (Å²) in [4.78, 5) is 4.29. The first-order chi connectivity index (χ1) is 8.65. The van der Waals surface area contributed by atoms with Gasteiger partial charge >= 0.3 is 0 Å². The lowest BCUT2D eigenvalue weighted by molar-refractivity contribution is 0.232. The summed E-state index contributed by atoms with van der Waals surface area (Å²) >= 11 is 0. The highest BCUT2D eigenvalue weighted by Crippen LogP contribution is 2.51. The minimum atomic E-state index is -1.41. The summed E-state index contributed by atoms with van der Waals surface area (Å²) in [5.41, 5.74) is 7.46. The summed E-state index contributed by atoms with van der Waals surface area (Å²) in [6.07, 6.45) is 2.25. The molecule has 1 fully saturated rings. The smallest absolute Gasteiger partial charge is 0.174 e. The third-order valence-corrected chi connectivity index (χ3v) is 4.10. The second-order valence-electron chi connectivity index (χ2n) is 5.23. The third kappa shape index (κ3) is 3.17. The Kier molecular flexibility index (Phi) is 7.13. The van der Waals surface area contributed by atoms with Crippen molar-refractivity contribution in [3.63, 3.8) is 0 Å². The zero-order valence-corrected chi connectivity index (χ0v) is 13.0. The molecule has 3 nitrogen and oxygen atoms in total. The van der Waals surface area contributed by atoms with Crippen molar-refractivity contribution < 1.29 is 4.39 Å². The van der Waals surface area contributed by atoms with Gasteiger partial charge in [0.05, 0.1) is 5.69 Å². The topological polar surface area (TPSA) is 50.4 Å². The summed E-state index contributed by atoms with van der Waals surface area (Å²) in [5, 5.41) is 3.10. The van der Waals surface area contributed by atoms with Crippen LogP contribution in [0.5, 0.6) is 0 Å². The number of nitrogens with zero attached hydrogens (tertiary/aromatic N) is 1. The van der Waals surface area contributed by atoms with Crippen LogP contribution in [0.3, 0.4) is 0 Å². The average molecular weight is 336 g/mol. The van der Waals surface area contributed by atoms with Gasteiger partial charge in [0.25, 0.3) is 0 Å². The van der Waals surface area contributed by atoms with Crippen molar-refractivity contribution in [2.24, 2.45) is 10.7 Å². The molecule has 21 heavy (non-hydrogen) atoms. The number of hydrogen-bond acceptors (Lipinski definition) is 3. The van der Waals surface area contributed by atoms with E-state index in [9.17, 15) is 4.39 Å². The van der Waals surface area contributed by atoms with E-state index in [1.165, 1.54) is 0 Å². The summed E-state index contributed by atoms with van der Waals surface area (Å²) in [5.74, 6) is 0.0627. The van der Waals surface area contributed by atoms with Crippen LogP contribution in [-0.2, 0) is 6.54 Å². The third-order valence-electron chi connectivity index (χ3n) is 4.10. The van der Waals surface area contributed by atoms with Crippen molar-refractivity contribution in [3.8, 4) is 0 Å². The molecule has 0 spiro atoms. The quantitative estimate of drug-likeness (QED) is 0.861. The van der Waals surface area contributed by atoms with E-state index in [1.807, 2.05) is 25.2 Å². The molecule has 3 rings (SSSR count). The number of halogens is 3. The number of amidine groups is 1. The minimum Gasteiger partial charge on any atom is -0.384 e. The van der Waals surface area contributed by atoms with Gasteiger partial charge in [-0.3, -0.25) is 0 Å². The van der Waals surface area contributed by atoms with Gasteiger partial charge in [-0.05, 0) is 43.5 Å². The van der Waals surface area contributed by atoms with Crippen molar-refractivity contribution in [2.75, 3.05) is 7.05 Å². The molecule has 1 heterocycles. The van der Waals surface area contributed by atoms with Crippen LogP contribution >= 0.6 is 24.8 Å². The summed E-state index contributed by atoms with van der Waals surface area (Å²) in [7, 11) is 1.90. The second-order valence-corrected chi connectivity index (χ2v) is 5.23. The number of hydrogen-bond donors (Lipinski definition) is 2. The van der Waals surface area contributed by atoms with Crippen LogP contribution in [0.4, 0.5) is 10.1 Å². The Labute approximate surface area is 138 Å². The van der Waals surface area contributed by atoms with E-state index in [4.69, 9.17) is 5.73 Å². The van der Waals surface area contributed by atoms with Crippen molar-refractivity contribution >= 4 is 36.3 Å². The molecular formula is C15H24Cl2FN3. The Hall–Kier alpha value is -0.840. The van der Waals surface area contributed by atoms with Gasteiger partial charge in [0.2, 0.25) is 0 Å².